The Morgan fingerprint density at radius 1 is 1.24 bits per heavy atom. The minimum absolute atomic E-state index is 0.235. The third-order valence-corrected chi connectivity index (χ3v) is 4.99. The van der Waals surface area contributed by atoms with Crippen LogP contribution in [0, 0.1) is 0 Å². The Balaban J connectivity index is 1.65. The third-order valence-electron chi connectivity index (χ3n) is 4.30. The first-order valence-corrected chi connectivity index (χ1v) is 7.86. The molecule has 1 atom stereocenters. The van der Waals surface area contributed by atoms with E-state index in [1.807, 2.05) is 18.2 Å². The number of aromatic nitrogens is 2. The molecule has 5 rings (SSSR count). The summed E-state index contributed by atoms with van der Waals surface area (Å²) in [5.41, 5.74) is 7.47. The molecule has 2 N–H and O–H groups in total. The Hall–Kier alpha value is -1.44. The van der Waals surface area contributed by atoms with Gasteiger partial charge in [0.05, 0.1) is 17.3 Å². The molecule has 2 aromatic rings. The molecule has 21 heavy (non-hydrogen) atoms. The molecule has 7 heteroatoms. The summed E-state index contributed by atoms with van der Waals surface area (Å²) in [7, 11) is 0. The molecular weight excluding hydrogens is 334 g/mol. The Morgan fingerprint density at radius 3 is 2.76 bits per heavy atom. The molecule has 0 spiro atoms. The number of nitrogens with zero attached hydrogens (tertiary/aromatic N) is 4. The van der Waals surface area contributed by atoms with Gasteiger partial charge in [0, 0.05) is 37.2 Å². The molecule has 0 saturated carbocycles. The lowest BCUT2D eigenvalue weighted by atomic mass is 10.1. The standard InChI is InChI=1S/C14H16BrN5O/c15-10-3-1-2-9(12(10)16)14-17-13(18-21-14)11-8-19-4-6-20(11)7-5-19/h1-3,11H,4-8,16H2. The number of nitrogens with two attached hydrogens (primary N) is 1. The van der Waals surface area contributed by atoms with E-state index in [0.717, 1.165) is 48.6 Å². The number of nitrogen functional groups attached to an aromatic ring is 1. The van der Waals surface area contributed by atoms with Crippen molar-refractivity contribution in [2.45, 2.75) is 6.04 Å². The maximum absolute atomic E-state index is 6.07. The van der Waals surface area contributed by atoms with E-state index in [1.165, 1.54) is 0 Å². The van der Waals surface area contributed by atoms with Crippen LogP contribution in [0.4, 0.5) is 5.69 Å². The molecule has 0 aliphatic carbocycles. The number of para-hydroxylation sites is 1. The summed E-state index contributed by atoms with van der Waals surface area (Å²) in [6, 6.07) is 5.94. The molecule has 6 nitrogen and oxygen atoms in total. The largest absolute Gasteiger partial charge is 0.397 e. The maximum Gasteiger partial charge on any atom is 0.260 e. The molecule has 1 aromatic heterocycles. The fourth-order valence-electron chi connectivity index (χ4n) is 3.07. The van der Waals surface area contributed by atoms with E-state index < -0.39 is 0 Å². The number of piperazine rings is 3. The molecule has 4 heterocycles. The van der Waals surface area contributed by atoms with Gasteiger partial charge in [-0.1, -0.05) is 11.2 Å². The average molecular weight is 350 g/mol. The van der Waals surface area contributed by atoms with E-state index in [0.29, 0.717) is 11.6 Å². The highest BCUT2D eigenvalue weighted by Gasteiger charge is 2.35. The topological polar surface area (TPSA) is 71.4 Å². The zero-order valence-corrected chi connectivity index (χ0v) is 13.1. The van der Waals surface area contributed by atoms with Crippen molar-refractivity contribution in [2.75, 3.05) is 38.5 Å². The SMILES string of the molecule is Nc1c(Br)cccc1-c1nc(C2CN3CCN2CC3)no1. The molecule has 1 aromatic carbocycles. The van der Waals surface area contributed by atoms with E-state index in [9.17, 15) is 0 Å². The van der Waals surface area contributed by atoms with Crippen molar-refractivity contribution in [3.05, 3.63) is 28.5 Å². The van der Waals surface area contributed by atoms with Crippen LogP contribution in [0.5, 0.6) is 0 Å². The summed E-state index contributed by atoms with van der Waals surface area (Å²) in [6.45, 7) is 5.41. The fourth-order valence-corrected chi connectivity index (χ4v) is 3.43. The normalized spacial score (nSPS) is 28.0. The van der Waals surface area contributed by atoms with Crippen LogP contribution in [-0.4, -0.2) is 52.7 Å². The van der Waals surface area contributed by atoms with Gasteiger partial charge in [-0.05, 0) is 28.1 Å². The summed E-state index contributed by atoms with van der Waals surface area (Å²) in [5.74, 6) is 1.25. The van der Waals surface area contributed by atoms with Crippen molar-refractivity contribution in [1.82, 2.24) is 19.9 Å². The van der Waals surface area contributed by atoms with Gasteiger partial charge in [0.2, 0.25) is 0 Å². The average Bonchev–Trinajstić information content (AvgIpc) is 3.01. The second-order valence-corrected chi connectivity index (χ2v) is 6.37. The van der Waals surface area contributed by atoms with Crippen molar-refractivity contribution in [3.63, 3.8) is 0 Å². The smallest absolute Gasteiger partial charge is 0.260 e. The van der Waals surface area contributed by atoms with Gasteiger partial charge in [0.25, 0.3) is 5.89 Å². The second-order valence-electron chi connectivity index (χ2n) is 5.51. The highest BCUT2D eigenvalue weighted by atomic mass is 79.9. The first-order valence-electron chi connectivity index (χ1n) is 7.07. The van der Waals surface area contributed by atoms with Gasteiger partial charge in [-0.3, -0.25) is 9.80 Å². The van der Waals surface area contributed by atoms with Crippen LogP contribution < -0.4 is 5.73 Å². The number of hydrogen-bond acceptors (Lipinski definition) is 6. The summed E-state index contributed by atoms with van der Waals surface area (Å²) in [4.78, 5) is 9.46. The Morgan fingerprint density at radius 2 is 2.05 bits per heavy atom. The molecule has 3 saturated heterocycles. The number of fused-ring (bicyclic) bond motifs is 3. The van der Waals surface area contributed by atoms with Crippen LogP contribution in [0.25, 0.3) is 11.5 Å². The lowest BCUT2D eigenvalue weighted by Gasteiger charge is -2.46. The molecule has 0 amide bonds. The Labute approximate surface area is 131 Å². The van der Waals surface area contributed by atoms with Crippen molar-refractivity contribution < 1.29 is 4.52 Å². The number of hydrogen-bond donors (Lipinski definition) is 1. The van der Waals surface area contributed by atoms with Gasteiger partial charge >= 0.3 is 0 Å². The van der Waals surface area contributed by atoms with Crippen molar-refractivity contribution >= 4 is 21.6 Å². The predicted molar refractivity (Wildman–Crippen MR) is 82.6 cm³/mol. The lowest BCUT2D eigenvalue weighted by molar-refractivity contribution is 0.00781. The number of halogens is 1. The van der Waals surface area contributed by atoms with E-state index in [4.69, 9.17) is 10.3 Å². The first kappa shape index (κ1) is 13.2. The number of rotatable bonds is 2. The van der Waals surface area contributed by atoms with Crippen LogP contribution in [0.15, 0.2) is 27.2 Å². The summed E-state index contributed by atoms with van der Waals surface area (Å²) in [6.07, 6.45) is 0. The van der Waals surface area contributed by atoms with Crippen LogP contribution in [-0.2, 0) is 0 Å². The Kier molecular flexibility index (Phi) is 3.20. The summed E-state index contributed by atoms with van der Waals surface area (Å²) < 4.78 is 6.28. The van der Waals surface area contributed by atoms with Gasteiger partial charge in [0.15, 0.2) is 5.82 Å². The fraction of sp³-hybridized carbons (Fsp3) is 0.429. The number of anilines is 1. The monoisotopic (exact) mass is 349 g/mol. The molecule has 3 fully saturated rings. The molecule has 2 bridgehead atoms. The molecule has 3 aliphatic heterocycles. The van der Waals surface area contributed by atoms with Crippen LogP contribution in [0.3, 0.4) is 0 Å². The summed E-state index contributed by atoms with van der Waals surface area (Å²) >= 11 is 3.42. The van der Waals surface area contributed by atoms with E-state index >= 15 is 0 Å². The van der Waals surface area contributed by atoms with Gasteiger partial charge < -0.3 is 10.3 Å². The van der Waals surface area contributed by atoms with E-state index in [1.54, 1.807) is 0 Å². The third kappa shape index (κ3) is 2.25. The first-order chi connectivity index (χ1) is 10.2. The highest BCUT2D eigenvalue weighted by Crippen LogP contribution is 2.33. The van der Waals surface area contributed by atoms with Gasteiger partial charge in [-0.2, -0.15) is 4.98 Å². The van der Waals surface area contributed by atoms with Crippen molar-refractivity contribution in [1.29, 1.82) is 0 Å². The van der Waals surface area contributed by atoms with Gasteiger partial charge in [-0.15, -0.1) is 0 Å². The molecule has 110 valence electrons. The van der Waals surface area contributed by atoms with Crippen LogP contribution >= 0.6 is 15.9 Å². The van der Waals surface area contributed by atoms with Crippen LogP contribution in [0.1, 0.15) is 11.9 Å². The van der Waals surface area contributed by atoms with Gasteiger partial charge in [0.1, 0.15) is 0 Å². The highest BCUT2D eigenvalue weighted by molar-refractivity contribution is 9.10. The maximum atomic E-state index is 6.07. The van der Waals surface area contributed by atoms with E-state index in [2.05, 4.69) is 35.9 Å². The minimum Gasteiger partial charge on any atom is -0.397 e. The van der Waals surface area contributed by atoms with Crippen LogP contribution in [0.2, 0.25) is 0 Å². The van der Waals surface area contributed by atoms with Crippen molar-refractivity contribution in [3.8, 4) is 11.5 Å². The Bertz CT molecular complexity index is 665. The number of benzene rings is 1. The lowest BCUT2D eigenvalue weighted by Crippen LogP contribution is -2.57. The van der Waals surface area contributed by atoms with E-state index in [-0.39, 0.29) is 6.04 Å². The molecular formula is C14H16BrN5O. The molecule has 1 unspecified atom stereocenters. The summed E-state index contributed by atoms with van der Waals surface area (Å²) in [5, 5.41) is 4.18. The molecule has 0 radical (unpaired) electrons. The van der Waals surface area contributed by atoms with Gasteiger partial charge in [-0.25, -0.2) is 0 Å². The van der Waals surface area contributed by atoms with Crippen molar-refractivity contribution in [2.24, 2.45) is 0 Å². The zero-order chi connectivity index (χ0) is 14.4. The predicted octanol–water partition coefficient (Wildman–Crippen LogP) is 1.75. The molecule has 3 aliphatic rings. The minimum atomic E-state index is 0.235. The second kappa shape index (κ2) is 5.08. The zero-order valence-electron chi connectivity index (χ0n) is 11.5. The quantitative estimate of drug-likeness (QED) is 0.833.